The lowest BCUT2D eigenvalue weighted by atomic mass is 9.59. The molecule has 4 rings (SSSR count). The van der Waals surface area contributed by atoms with Gasteiger partial charge in [0, 0.05) is 60.9 Å². The molecule has 2 N–H and O–H groups in total. The van der Waals surface area contributed by atoms with Crippen molar-refractivity contribution in [3.8, 4) is 11.5 Å². The Kier molecular flexibility index (Phi) is 8.99. The van der Waals surface area contributed by atoms with Gasteiger partial charge in [-0.2, -0.15) is 0 Å². The first kappa shape index (κ1) is 27.0. The summed E-state index contributed by atoms with van der Waals surface area (Å²) in [6.07, 6.45) is 8.40. The summed E-state index contributed by atoms with van der Waals surface area (Å²) >= 11 is 0. The summed E-state index contributed by atoms with van der Waals surface area (Å²) < 4.78 is 11.3. The van der Waals surface area contributed by atoms with E-state index in [1.165, 1.54) is 19.6 Å². The van der Waals surface area contributed by atoms with Gasteiger partial charge in [0.15, 0.2) is 11.5 Å². The Morgan fingerprint density at radius 1 is 1.25 bits per heavy atom. The molecule has 0 spiro atoms. The van der Waals surface area contributed by atoms with E-state index in [1.54, 1.807) is 16.9 Å². The summed E-state index contributed by atoms with van der Waals surface area (Å²) in [6.45, 7) is 3.68. The number of methoxy groups -OCH3 is 1. The zero-order valence-electron chi connectivity index (χ0n) is 21.3. The first-order valence-corrected chi connectivity index (χ1v) is 15.3. The molecule has 1 aromatic carbocycles. The summed E-state index contributed by atoms with van der Waals surface area (Å²) in [5, 5.41) is 10.1. The van der Waals surface area contributed by atoms with Crippen molar-refractivity contribution in [2.75, 3.05) is 18.6 Å². The number of rotatable bonds is 5. The Morgan fingerprint density at radius 2 is 2.08 bits per heavy atom. The van der Waals surface area contributed by atoms with Crippen LogP contribution in [0, 0.1) is 11.8 Å². The largest absolute Gasteiger partial charge is 0.504 e. The number of Topliss-reactive ketones (excluding diaryl/α,β-unsaturated/α-hetero) is 1. The summed E-state index contributed by atoms with van der Waals surface area (Å²) in [7, 11) is 5.19. The van der Waals surface area contributed by atoms with E-state index in [2.05, 4.69) is 24.2 Å². The third-order valence-electron chi connectivity index (χ3n) is 8.06. The van der Waals surface area contributed by atoms with E-state index in [0.717, 1.165) is 42.8 Å². The highest BCUT2D eigenvalue weighted by Gasteiger charge is 2.49. The van der Waals surface area contributed by atoms with Crippen molar-refractivity contribution in [3.05, 3.63) is 47.8 Å². The maximum atomic E-state index is 13.5. The van der Waals surface area contributed by atoms with E-state index in [9.17, 15) is 14.7 Å². The molecule has 5 atom stereocenters. The Hall–Kier alpha value is -2.06. The molecule has 1 aliphatic carbocycles. The van der Waals surface area contributed by atoms with E-state index in [0.29, 0.717) is 18.1 Å². The fourth-order valence-corrected chi connectivity index (χ4v) is 9.09. The Labute approximate surface area is 221 Å². The van der Waals surface area contributed by atoms with Crippen LogP contribution in [0.5, 0.6) is 11.5 Å². The predicted molar refractivity (Wildman–Crippen MR) is 146 cm³/mol. The molecule has 8 heteroatoms. The summed E-state index contributed by atoms with van der Waals surface area (Å²) in [4.78, 5) is 29.0. The first-order chi connectivity index (χ1) is 17.4. The lowest BCUT2D eigenvalue weighted by Gasteiger charge is -2.49. The van der Waals surface area contributed by atoms with Gasteiger partial charge in [-0.1, -0.05) is 41.0 Å². The second kappa shape index (κ2) is 12.0. The molecule has 1 saturated heterocycles. The van der Waals surface area contributed by atoms with E-state index in [-0.39, 0.29) is 41.2 Å². The van der Waals surface area contributed by atoms with Gasteiger partial charge in [-0.05, 0) is 54.5 Å². The van der Waals surface area contributed by atoms with Crippen LogP contribution >= 0.6 is 21.6 Å². The quantitative estimate of drug-likeness (QED) is 0.348. The molecule has 196 valence electrons. The topological polar surface area (TPSA) is 88.6 Å². The number of aromatic hydroxyl groups is 1. The van der Waals surface area contributed by atoms with Gasteiger partial charge < -0.3 is 19.6 Å². The van der Waals surface area contributed by atoms with E-state index in [1.807, 2.05) is 29.1 Å². The van der Waals surface area contributed by atoms with Gasteiger partial charge in [-0.15, -0.1) is 0 Å². The molecular weight excluding hydrogens is 494 g/mol. The van der Waals surface area contributed by atoms with Crippen LogP contribution in [0.2, 0.25) is 0 Å². The summed E-state index contributed by atoms with van der Waals surface area (Å²) in [6, 6.07) is 7.48. The highest BCUT2D eigenvalue weighted by Crippen LogP contribution is 2.53. The maximum Gasteiger partial charge on any atom is 0.302 e. The van der Waals surface area contributed by atoms with Gasteiger partial charge in [-0.3, -0.25) is 9.59 Å². The van der Waals surface area contributed by atoms with Crippen LogP contribution in [0.4, 0.5) is 0 Å². The monoisotopic (exact) mass is 531 g/mol. The van der Waals surface area contributed by atoms with Crippen molar-refractivity contribution in [1.29, 1.82) is 0 Å². The zero-order chi connectivity index (χ0) is 25.7. The molecule has 0 amide bonds. The smallest absolute Gasteiger partial charge is 0.302 e. The molecule has 0 unspecified atom stereocenters. The third kappa shape index (κ3) is 5.91. The molecule has 0 radical (unpaired) electrons. The fourth-order valence-electron chi connectivity index (χ4n) is 6.04. The molecule has 1 aliphatic heterocycles. The second-order valence-corrected chi connectivity index (χ2v) is 12.7. The molecule has 2 heterocycles. The number of esters is 1. The molecule has 2 aliphatic rings. The number of benzene rings is 1. The number of aromatic amines is 1. The van der Waals surface area contributed by atoms with E-state index in [4.69, 9.17) is 9.47 Å². The van der Waals surface area contributed by atoms with E-state index < -0.39 is 6.10 Å². The Bertz CT molecular complexity index is 1040. The van der Waals surface area contributed by atoms with Crippen LogP contribution in [0.15, 0.2) is 36.7 Å². The number of nitrogens with one attached hydrogen (secondary N) is 1. The van der Waals surface area contributed by atoms with Crippen LogP contribution < -0.4 is 4.74 Å². The van der Waals surface area contributed by atoms with Crippen LogP contribution in [0.25, 0.3) is 0 Å². The zero-order valence-corrected chi connectivity index (χ0v) is 23.0. The molecular formula is C28H37NO5S2. The molecule has 1 aromatic heterocycles. The number of carbonyl (C=O) groups excluding carboxylic acids is 2. The van der Waals surface area contributed by atoms with Crippen molar-refractivity contribution in [2.45, 2.75) is 69.8 Å². The van der Waals surface area contributed by atoms with Crippen LogP contribution in [0.1, 0.15) is 69.4 Å². The van der Waals surface area contributed by atoms with Gasteiger partial charge in [0.25, 0.3) is 0 Å². The van der Waals surface area contributed by atoms with Gasteiger partial charge >= 0.3 is 5.97 Å². The second-order valence-electron chi connectivity index (χ2n) is 10.2. The highest BCUT2D eigenvalue weighted by atomic mass is 33.1. The minimum Gasteiger partial charge on any atom is -0.504 e. The number of carbonyl (C=O) groups is 2. The summed E-state index contributed by atoms with van der Waals surface area (Å²) in [5.74, 6) is 2.57. The summed E-state index contributed by atoms with van der Waals surface area (Å²) in [5.41, 5.74) is 2.06. The first-order valence-electron chi connectivity index (χ1n) is 12.8. The van der Waals surface area contributed by atoms with Crippen molar-refractivity contribution >= 4 is 33.3 Å². The number of hydrogen-bond donors (Lipinski definition) is 2. The standard InChI is InChI=1S/C28H37NO5S2/c1-4-19-7-9-28(22-8-10-29-15-22)17-36-35-16-21(20-5-6-25(32)27(13-20)33-3)12-23(31)14-26(24(28)11-19)34-18(2)30/h5-6,8,10,13,15,19,21,24,26,29,32H,4,7,9,11-12,14,16-17H2,1-3H3/t19-,21-,24-,26-,28+/m0/s1. The van der Waals surface area contributed by atoms with Crippen molar-refractivity contribution in [3.63, 3.8) is 0 Å². The fraction of sp³-hybridized carbons (Fsp3) is 0.571. The number of hydrogen-bond acceptors (Lipinski definition) is 7. The molecule has 6 nitrogen and oxygen atoms in total. The maximum absolute atomic E-state index is 13.5. The number of aromatic nitrogens is 1. The van der Waals surface area contributed by atoms with Gasteiger partial charge in [-0.25, -0.2) is 0 Å². The van der Waals surface area contributed by atoms with Crippen molar-refractivity contribution in [2.24, 2.45) is 11.8 Å². The van der Waals surface area contributed by atoms with E-state index >= 15 is 0 Å². The van der Waals surface area contributed by atoms with Crippen LogP contribution in [-0.4, -0.2) is 46.6 Å². The molecule has 1 saturated carbocycles. The van der Waals surface area contributed by atoms with Crippen molar-refractivity contribution < 1.29 is 24.2 Å². The Balaban J connectivity index is 1.70. The number of fused-ring (bicyclic) bond motifs is 1. The van der Waals surface area contributed by atoms with Gasteiger partial charge in [0.1, 0.15) is 11.9 Å². The normalized spacial score (nSPS) is 29.6. The van der Waals surface area contributed by atoms with Gasteiger partial charge in [0.05, 0.1) is 7.11 Å². The minimum atomic E-state index is -0.446. The van der Waals surface area contributed by atoms with Crippen LogP contribution in [0.3, 0.4) is 0 Å². The third-order valence-corrected chi connectivity index (χ3v) is 10.7. The number of phenolic OH excluding ortho intramolecular Hbond substituents is 1. The van der Waals surface area contributed by atoms with Gasteiger partial charge in [0.2, 0.25) is 0 Å². The lowest BCUT2D eigenvalue weighted by molar-refractivity contribution is -0.153. The predicted octanol–water partition coefficient (Wildman–Crippen LogP) is 6.25. The highest BCUT2D eigenvalue weighted by molar-refractivity contribution is 8.76. The average molecular weight is 532 g/mol. The number of H-pyrrole nitrogens is 1. The Morgan fingerprint density at radius 3 is 2.78 bits per heavy atom. The number of ketones is 1. The lowest BCUT2D eigenvalue weighted by Crippen LogP contribution is -2.49. The molecule has 0 bridgehead atoms. The van der Waals surface area contributed by atoms with Crippen molar-refractivity contribution in [1.82, 2.24) is 4.98 Å². The average Bonchev–Trinajstić information content (AvgIpc) is 3.40. The molecule has 2 fully saturated rings. The van der Waals surface area contributed by atoms with Crippen LogP contribution in [-0.2, 0) is 19.7 Å². The molecule has 36 heavy (non-hydrogen) atoms. The minimum absolute atomic E-state index is 0.0193. The number of phenols is 1. The molecule has 2 aromatic rings. The number of ether oxygens (including phenoxy) is 2. The SMILES string of the molecule is CC[C@H]1CC[C@]2(c3cc[nH]c3)CSSC[C@@H](c3ccc(O)c(OC)c3)CC(=O)C[C@H](OC(C)=O)[C@@H]2C1.